The van der Waals surface area contributed by atoms with Crippen molar-refractivity contribution in [3.8, 4) is 11.1 Å². The Kier molecular flexibility index (Phi) is 3.69. The van der Waals surface area contributed by atoms with Gasteiger partial charge in [-0.1, -0.05) is 11.6 Å². The molecule has 1 amide bonds. The molecular weight excluding hydrogens is 256 g/mol. The maximum atomic E-state index is 11.1. The number of amides is 1. The van der Waals surface area contributed by atoms with Gasteiger partial charge < -0.3 is 4.74 Å². The molecule has 7 heteroatoms. The second-order valence-corrected chi connectivity index (χ2v) is 3.70. The van der Waals surface area contributed by atoms with E-state index in [0.717, 1.165) is 11.1 Å². The zero-order valence-electron chi connectivity index (χ0n) is 9.42. The van der Waals surface area contributed by atoms with E-state index < -0.39 is 6.09 Å². The minimum atomic E-state index is -0.578. The van der Waals surface area contributed by atoms with Crippen LogP contribution in [-0.4, -0.2) is 28.4 Å². The van der Waals surface area contributed by atoms with Gasteiger partial charge in [0, 0.05) is 11.8 Å². The lowest BCUT2D eigenvalue weighted by Crippen LogP contribution is -2.11. The molecule has 2 heterocycles. The van der Waals surface area contributed by atoms with Gasteiger partial charge in [0.15, 0.2) is 5.15 Å². The quantitative estimate of drug-likeness (QED) is 0.901. The third kappa shape index (κ3) is 2.92. The molecule has 0 atom stereocenters. The van der Waals surface area contributed by atoms with Crippen LogP contribution < -0.4 is 5.32 Å². The molecule has 0 fully saturated rings. The smallest absolute Gasteiger partial charge is 0.412 e. The lowest BCUT2D eigenvalue weighted by atomic mass is 10.1. The van der Waals surface area contributed by atoms with Crippen LogP contribution in [0.4, 0.5) is 10.6 Å². The zero-order chi connectivity index (χ0) is 13.0. The lowest BCUT2D eigenvalue weighted by molar-refractivity contribution is 0.187. The minimum Gasteiger partial charge on any atom is -0.453 e. The number of rotatable bonds is 2. The molecule has 0 aliphatic rings. The summed E-state index contributed by atoms with van der Waals surface area (Å²) in [7, 11) is 1.28. The molecule has 6 nitrogen and oxygen atoms in total. The summed E-state index contributed by atoms with van der Waals surface area (Å²) in [4.78, 5) is 15.1. The van der Waals surface area contributed by atoms with Crippen LogP contribution in [0.2, 0.25) is 5.15 Å². The third-order valence-electron chi connectivity index (χ3n) is 2.13. The van der Waals surface area contributed by atoms with Crippen LogP contribution in [0.15, 0.2) is 30.6 Å². The predicted octanol–water partition coefficient (Wildman–Crippen LogP) is 2.37. The van der Waals surface area contributed by atoms with Crippen LogP contribution >= 0.6 is 11.6 Å². The number of hydrogen-bond acceptors (Lipinski definition) is 5. The number of methoxy groups -OCH3 is 1. The highest BCUT2D eigenvalue weighted by Gasteiger charge is 2.05. The molecule has 2 aromatic rings. The summed E-state index contributed by atoms with van der Waals surface area (Å²) < 4.78 is 4.49. The fourth-order valence-corrected chi connectivity index (χ4v) is 1.49. The minimum absolute atomic E-state index is 0.298. The number of halogens is 1. The van der Waals surface area contributed by atoms with E-state index in [-0.39, 0.29) is 0 Å². The topological polar surface area (TPSA) is 77.0 Å². The zero-order valence-corrected chi connectivity index (χ0v) is 10.2. The lowest BCUT2D eigenvalue weighted by Gasteiger charge is -2.05. The van der Waals surface area contributed by atoms with E-state index in [0.29, 0.717) is 11.0 Å². The molecule has 0 radical (unpaired) electrons. The largest absolute Gasteiger partial charge is 0.453 e. The average Bonchev–Trinajstić information content (AvgIpc) is 2.39. The normalized spacial score (nSPS) is 9.89. The summed E-state index contributed by atoms with van der Waals surface area (Å²) in [6.45, 7) is 0. The van der Waals surface area contributed by atoms with Crippen LogP contribution in [0.25, 0.3) is 11.1 Å². The number of nitrogens with one attached hydrogen (secondary N) is 1. The Labute approximate surface area is 108 Å². The van der Waals surface area contributed by atoms with Crippen molar-refractivity contribution < 1.29 is 9.53 Å². The van der Waals surface area contributed by atoms with Crippen LogP contribution in [0, 0.1) is 0 Å². The number of carbonyl (C=O) groups excluding carboxylic acids is 1. The Morgan fingerprint density at radius 3 is 2.94 bits per heavy atom. The van der Waals surface area contributed by atoms with Crippen molar-refractivity contribution in [2.75, 3.05) is 12.4 Å². The standard InChI is InChI=1S/C11H9ClN4O2/c1-18-11(17)15-10-5-7(2-3-13-10)8-4-9(12)16-14-6-8/h2-6H,1H3,(H,13,15,17). The van der Waals surface area contributed by atoms with Gasteiger partial charge in [-0.05, 0) is 23.8 Å². The van der Waals surface area contributed by atoms with E-state index in [1.165, 1.54) is 7.11 Å². The first-order valence-electron chi connectivity index (χ1n) is 4.98. The second-order valence-electron chi connectivity index (χ2n) is 3.31. The highest BCUT2D eigenvalue weighted by atomic mass is 35.5. The van der Waals surface area contributed by atoms with Gasteiger partial charge in [0.1, 0.15) is 5.82 Å². The van der Waals surface area contributed by atoms with Gasteiger partial charge in [-0.25, -0.2) is 9.78 Å². The summed E-state index contributed by atoms with van der Waals surface area (Å²) in [5, 5.41) is 10.2. The van der Waals surface area contributed by atoms with E-state index in [1.54, 1.807) is 30.6 Å². The summed E-state index contributed by atoms with van der Waals surface area (Å²) in [6.07, 6.45) is 2.56. The molecule has 0 aliphatic heterocycles. The molecule has 2 aromatic heterocycles. The number of hydrogen-bond donors (Lipinski definition) is 1. The number of ether oxygens (including phenoxy) is 1. The third-order valence-corrected chi connectivity index (χ3v) is 2.32. The number of pyridine rings is 1. The number of carbonyl (C=O) groups is 1. The Morgan fingerprint density at radius 2 is 2.22 bits per heavy atom. The molecule has 1 N–H and O–H groups in total. The molecular formula is C11H9ClN4O2. The molecule has 2 rings (SSSR count). The van der Waals surface area contributed by atoms with E-state index in [1.807, 2.05) is 0 Å². The second kappa shape index (κ2) is 5.42. The Hall–Kier alpha value is -2.21. The summed E-state index contributed by atoms with van der Waals surface area (Å²) in [5.41, 5.74) is 1.60. The van der Waals surface area contributed by atoms with E-state index in [4.69, 9.17) is 11.6 Å². The van der Waals surface area contributed by atoms with Crippen LogP contribution in [0.1, 0.15) is 0 Å². The van der Waals surface area contributed by atoms with Crippen molar-refractivity contribution in [1.82, 2.24) is 15.2 Å². The van der Waals surface area contributed by atoms with Crippen LogP contribution in [0.3, 0.4) is 0 Å². The van der Waals surface area contributed by atoms with Crippen LogP contribution in [-0.2, 0) is 4.74 Å². The fraction of sp³-hybridized carbons (Fsp3) is 0.0909. The first-order chi connectivity index (χ1) is 8.69. The highest BCUT2D eigenvalue weighted by molar-refractivity contribution is 6.29. The number of anilines is 1. The van der Waals surface area contributed by atoms with Crippen molar-refractivity contribution in [2.45, 2.75) is 0 Å². The molecule has 92 valence electrons. The van der Waals surface area contributed by atoms with Gasteiger partial charge >= 0.3 is 6.09 Å². The number of nitrogens with zero attached hydrogens (tertiary/aromatic N) is 3. The van der Waals surface area contributed by atoms with Crippen molar-refractivity contribution in [1.29, 1.82) is 0 Å². The number of aromatic nitrogens is 3. The summed E-state index contributed by atoms with van der Waals surface area (Å²) in [6, 6.07) is 5.13. The highest BCUT2D eigenvalue weighted by Crippen LogP contribution is 2.21. The van der Waals surface area contributed by atoms with Gasteiger partial charge in [-0.3, -0.25) is 5.32 Å². The molecule has 0 saturated carbocycles. The fourth-order valence-electron chi connectivity index (χ4n) is 1.33. The summed E-state index contributed by atoms with van der Waals surface area (Å²) in [5.74, 6) is 0.382. The monoisotopic (exact) mass is 264 g/mol. The van der Waals surface area contributed by atoms with Crippen LogP contribution in [0.5, 0.6) is 0 Å². The maximum Gasteiger partial charge on any atom is 0.412 e. The van der Waals surface area contributed by atoms with Gasteiger partial charge in [-0.15, -0.1) is 5.10 Å². The van der Waals surface area contributed by atoms with Crippen molar-refractivity contribution in [2.24, 2.45) is 0 Å². The first-order valence-corrected chi connectivity index (χ1v) is 5.36. The summed E-state index contributed by atoms with van der Waals surface area (Å²) >= 11 is 5.76. The molecule has 0 aromatic carbocycles. The Morgan fingerprint density at radius 1 is 1.39 bits per heavy atom. The maximum absolute atomic E-state index is 11.1. The first kappa shape index (κ1) is 12.3. The SMILES string of the molecule is COC(=O)Nc1cc(-c2cnnc(Cl)c2)ccn1. The Balaban J connectivity index is 2.29. The van der Waals surface area contributed by atoms with Crippen molar-refractivity contribution in [3.63, 3.8) is 0 Å². The average molecular weight is 265 g/mol. The predicted molar refractivity (Wildman–Crippen MR) is 66.3 cm³/mol. The van der Waals surface area contributed by atoms with Gasteiger partial charge in [0.2, 0.25) is 0 Å². The van der Waals surface area contributed by atoms with E-state index >= 15 is 0 Å². The molecule has 18 heavy (non-hydrogen) atoms. The van der Waals surface area contributed by atoms with E-state index in [2.05, 4.69) is 25.2 Å². The molecule has 0 spiro atoms. The van der Waals surface area contributed by atoms with Crippen molar-refractivity contribution >= 4 is 23.5 Å². The van der Waals surface area contributed by atoms with Crippen molar-refractivity contribution in [3.05, 3.63) is 35.7 Å². The molecule has 0 saturated heterocycles. The van der Waals surface area contributed by atoms with E-state index in [9.17, 15) is 4.79 Å². The Bertz CT molecular complexity index is 576. The molecule has 0 aliphatic carbocycles. The van der Waals surface area contributed by atoms with Gasteiger partial charge in [0.25, 0.3) is 0 Å². The van der Waals surface area contributed by atoms with Gasteiger partial charge in [-0.2, -0.15) is 5.10 Å². The van der Waals surface area contributed by atoms with Gasteiger partial charge in [0.05, 0.1) is 13.3 Å². The molecule has 0 bridgehead atoms. The molecule has 0 unspecified atom stereocenters.